The summed E-state index contributed by atoms with van der Waals surface area (Å²) in [5.41, 5.74) is 2.72. The fourth-order valence-electron chi connectivity index (χ4n) is 2.07. The summed E-state index contributed by atoms with van der Waals surface area (Å²) in [4.78, 5) is 17.9. The average Bonchev–Trinajstić information content (AvgIpc) is 2.89. The molecule has 0 bridgehead atoms. The third-order valence-electron chi connectivity index (χ3n) is 3.11. The van der Waals surface area contributed by atoms with Gasteiger partial charge in [0.05, 0.1) is 0 Å². The van der Waals surface area contributed by atoms with Crippen LogP contribution in [-0.4, -0.2) is 29.9 Å². The summed E-state index contributed by atoms with van der Waals surface area (Å²) in [7, 11) is 3.44. The van der Waals surface area contributed by atoms with Gasteiger partial charge < -0.3 is 9.32 Å². The SMILES string of the molecule is CN(C)C(=O)c1cccc(-c2nc3cc(Cl)ccc3o2)c1. The van der Waals surface area contributed by atoms with E-state index in [-0.39, 0.29) is 5.91 Å². The lowest BCUT2D eigenvalue weighted by molar-refractivity contribution is 0.0827. The molecular weight excluding hydrogens is 288 g/mol. The molecule has 4 nitrogen and oxygen atoms in total. The van der Waals surface area contributed by atoms with Gasteiger partial charge in [-0.2, -0.15) is 0 Å². The van der Waals surface area contributed by atoms with E-state index in [0.29, 0.717) is 27.6 Å². The Bertz CT molecular complexity index is 824. The minimum absolute atomic E-state index is 0.0593. The first kappa shape index (κ1) is 13.6. The third kappa shape index (κ3) is 2.62. The monoisotopic (exact) mass is 300 g/mol. The number of nitrogens with zero attached hydrogens (tertiary/aromatic N) is 2. The van der Waals surface area contributed by atoms with Gasteiger partial charge in [-0.05, 0) is 36.4 Å². The molecule has 0 aliphatic heterocycles. The van der Waals surface area contributed by atoms with E-state index in [9.17, 15) is 4.79 Å². The Morgan fingerprint density at radius 3 is 2.76 bits per heavy atom. The zero-order valence-electron chi connectivity index (χ0n) is 11.6. The Morgan fingerprint density at radius 1 is 1.19 bits per heavy atom. The topological polar surface area (TPSA) is 46.3 Å². The van der Waals surface area contributed by atoms with E-state index in [1.54, 1.807) is 44.4 Å². The number of rotatable bonds is 2. The molecule has 0 aliphatic carbocycles. The second kappa shape index (κ2) is 5.22. The molecule has 3 aromatic rings. The van der Waals surface area contributed by atoms with E-state index >= 15 is 0 Å². The summed E-state index contributed by atoms with van der Waals surface area (Å²) in [5.74, 6) is 0.414. The standard InChI is InChI=1S/C16H13ClN2O2/c1-19(2)16(20)11-5-3-4-10(8-11)15-18-13-9-12(17)6-7-14(13)21-15/h3-9H,1-2H3. The molecule has 0 aliphatic rings. The normalized spacial score (nSPS) is 10.8. The van der Waals surface area contributed by atoms with Gasteiger partial charge in [0.1, 0.15) is 5.52 Å². The van der Waals surface area contributed by atoms with Gasteiger partial charge in [-0.25, -0.2) is 4.98 Å². The van der Waals surface area contributed by atoms with Crippen LogP contribution in [0.5, 0.6) is 0 Å². The van der Waals surface area contributed by atoms with Gasteiger partial charge in [0.15, 0.2) is 5.58 Å². The Hall–Kier alpha value is -2.33. The second-order valence-electron chi connectivity index (χ2n) is 4.91. The van der Waals surface area contributed by atoms with Crippen molar-refractivity contribution in [2.24, 2.45) is 0 Å². The first-order chi connectivity index (χ1) is 10.0. The Labute approximate surface area is 127 Å². The molecule has 0 saturated heterocycles. The first-order valence-electron chi connectivity index (χ1n) is 6.43. The van der Waals surface area contributed by atoms with Crippen LogP contribution in [0.15, 0.2) is 46.9 Å². The Balaban J connectivity index is 2.06. The number of carbonyl (C=O) groups excluding carboxylic acids is 1. The quantitative estimate of drug-likeness (QED) is 0.722. The maximum absolute atomic E-state index is 12.0. The van der Waals surface area contributed by atoms with Crippen molar-refractivity contribution in [1.29, 1.82) is 0 Å². The number of oxazole rings is 1. The van der Waals surface area contributed by atoms with E-state index in [0.717, 1.165) is 5.56 Å². The molecular formula is C16H13ClN2O2. The highest BCUT2D eigenvalue weighted by Crippen LogP contribution is 2.26. The van der Waals surface area contributed by atoms with Crippen LogP contribution in [0.3, 0.4) is 0 Å². The molecule has 0 spiro atoms. The molecule has 0 fully saturated rings. The van der Waals surface area contributed by atoms with E-state index in [1.165, 1.54) is 4.90 Å². The average molecular weight is 301 g/mol. The minimum atomic E-state index is -0.0593. The molecule has 1 heterocycles. The molecule has 0 N–H and O–H groups in total. The lowest BCUT2D eigenvalue weighted by Gasteiger charge is -2.10. The highest BCUT2D eigenvalue weighted by atomic mass is 35.5. The van der Waals surface area contributed by atoms with E-state index in [1.807, 2.05) is 12.1 Å². The molecule has 21 heavy (non-hydrogen) atoms. The number of amides is 1. The van der Waals surface area contributed by atoms with Crippen molar-refractivity contribution >= 4 is 28.6 Å². The zero-order chi connectivity index (χ0) is 15.0. The molecule has 1 amide bonds. The summed E-state index contributed by atoms with van der Waals surface area (Å²) >= 11 is 5.94. The Kier molecular flexibility index (Phi) is 3.39. The molecule has 0 unspecified atom stereocenters. The van der Waals surface area contributed by atoms with Crippen molar-refractivity contribution in [3.63, 3.8) is 0 Å². The lowest BCUT2D eigenvalue weighted by Crippen LogP contribution is -2.21. The minimum Gasteiger partial charge on any atom is -0.436 e. The number of hydrogen-bond donors (Lipinski definition) is 0. The van der Waals surface area contributed by atoms with Crippen molar-refractivity contribution < 1.29 is 9.21 Å². The maximum atomic E-state index is 12.0. The van der Waals surface area contributed by atoms with Gasteiger partial charge in [0, 0.05) is 30.2 Å². The fraction of sp³-hybridized carbons (Fsp3) is 0.125. The number of carbonyl (C=O) groups is 1. The molecule has 1 aromatic heterocycles. The van der Waals surface area contributed by atoms with Crippen molar-refractivity contribution in [3.8, 4) is 11.5 Å². The first-order valence-corrected chi connectivity index (χ1v) is 6.80. The van der Waals surface area contributed by atoms with Gasteiger partial charge in [-0.15, -0.1) is 0 Å². The molecule has 2 aromatic carbocycles. The molecule has 0 radical (unpaired) electrons. The van der Waals surface area contributed by atoms with E-state index in [4.69, 9.17) is 16.0 Å². The van der Waals surface area contributed by atoms with Crippen molar-refractivity contribution in [3.05, 3.63) is 53.1 Å². The van der Waals surface area contributed by atoms with Crippen molar-refractivity contribution in [2.75, 3.05) is 14.1 Å². The predicted octanol–water partition coefficient (Wildman–Crippen LogP) is 3.85. The Morgan fingerprint density at radius 2 is 2.00 bits per heavy atom. The highest BCUT2D eigenvalue weighted by Gasteiger charge is 2.12. The summed E-state index contributed by atoms with van der Waals surface area (Å²) in [6, 6.07) is 12.5. The zero-order valence-corrected chi connectivity index (χ0v) is 12.4. The van der Waals surface area contributed by atoms with Crippen molar-refractivity contribution in [1.82, 2.24) is 9.88 Å². The van der Waals surface area contributed by atoms with Gasteiger partial charge in [-0.1, -0.05) is 17.7 Å². The van der Waals surface area contributed by atoms with Crippen LogP contribution in [0.2, 0.25) is 5.02 Å². The van der Waals surface area contributed by atoms with Crippen LogP contribution in [0.4, 0.5) is 0 Å². The second-order valence-corrected chi connectivity index (χ2v) is 5.35. The summed E-state index contributed by atoms with van der Waals surface area (Å²) in [6.07, 6.45) is 0. The molecule has 0 atom stereocenters. The third-order valence-corrected chi connectivity index (χ3v) is 3.35. The van der Waals surface area contributed by atoms with Crippen LogP contribution in [0.1, 0.15) is 10.4 Å². The van der Waals surface area contributed by atoms with Crippen LogP contribution >= 0.6 is 11.6 Å². The van der Waals surface area contributed by atoms with Gasteiger partial charge in [0.25, 0.3) is 5.91 Å². The van der Waals surface area contributed by atoms with Crippen LogP contribution in [0, 0.1) is 0 Å². The van der Waals surface area contributed by atoms with Gasteiger partial charge in [-0.3, -0.25) is 4.79 Å². The molecule has 5 heteroatoms. The number of hydrogen-bond acceptors (Lipinski definition) is 3. The lowest BCUT2D eigenvalue weighted by atomic mass is 10.1. The van der Waals surface area contributed by atoms with Crippen LogP contribution < -0.4 is 0 Å². The number of halogens is 1. The molecule has 3 rings (SSSR count). The van der Waals surface area contributed by atoms with Gasteiger partial charge >= 0.3 is 0 Å². The van der Waals surface area contributed by atoms with E-state index < -0.39 is 0 Å². The largest absolute Gasteiger partial charge is 0.436 e. The number of fused-ring (bicyclic) bond motifs is 1. The summed E-state index contributed by atoms with van der Waals surface area (Å²) < 4.78 is 5.71. The van der Waals surface area contributed by atoms with E-state index in [2.05, 4.69) is 4.98 Å². The molecule has 0 saturated carbocycles. The fourth-order valence-corrected chi connectivity index (χ4v) is 2.23. The van der Waals surface area contributed by atoms with Crippen molar-refractivity contribution in [2.45, 2.75) is 0 Å². The number of benzene rings is 2. The number of aromatic nitrogens is 1. The van der Waals surface area contributed by atoms with Gasteiger partial charge in [0.2, 0.25) is 5.89 Å². The summed E-state index contributed by atoms with van der Waals surface area (Å²) in [6.45, 7) is 0. The smallest absolute Gasteiger partial charge is 0.253 e. The molecule has 106 valence electrons. The maximum Gasteiger partial charge on any atom is 0.253 e. The van der Waals surface area contributed by atoms with Crippen LogP contribution in [0.25, 0.3) is 22.6 Å². The predicted molar refractivity (Wildman–Crippen MR) is 82.5 cm³/mol. The summed E-state index contributed by atoms with van der Waals surface area (Å²) in [5, 5.41) is 0.610. The highest BCUT2D eigenvalue weighted by molar-refractivity contribution is 6.31. The van der Waals surface area contributed by atoms with Crippen LogP contribution in [-0.2, 0) is 0 Å².